The van der Waals surface area contributed by atoms with E-state index in [0.717, 1.165) is 38.3 Å². The zero-order valence-corrected chi connectivity index (χ0v) is 17.8. The van der Waals surface area contributed by atoms with E-state index >= 15 is 0 Å². The number of carbonyl (C=O) groups excluding carboxylic acids is 1. The van der Waals surface area contributed by atoms with Gasteiger partial charge in [0.2, 0.25) is 0 Å². The fourth-order valence-electron chi connectivity index (χ4n) is 3.73. The van der Waals surface area contributed by atoms with Crippen LogP contribution in [-0.2, 0) is 4.79 Å². The first-order valence-corrected chi connectivity index (χ1v) is 10.5. The maximum atomic E-state index is 12.5. The van der Waals surface area contributed by atoms with Crippen LogP contribution < -0.4 is 10.9 Å². The molecule has 2 aromatic carbocycles. The summed E-state index contributed by atoms with van der Waals surface area (Å²) >= 11 is 0. The average Bonchev–Trinajstić information content (AvgIpc) is 2.79. The van der Waals surface area contributed by atoms with E-state index in [1.165, 1.54) is 13.0 Å². The molecule has 1 aliphatic rings. The number of hydrogen-bond donors (Lipinski definition) is 1. The molecule has 0 spiro atoms. The Hall–Kier alpha value is -3.45. The maximum Gasteiger partial charge on any atom is 0.196 e. The first-order valence-electron chi connectivity index (χ1n) is 10.5. The van der Waals surface area contributed by atoms with Crippen molar-refractivity contribution in [1.29, 1.82) is 0 Å². The van der Waals surface area contributed by atoms with Crippen molar-refractivity contribution < 1.29 is 9.21 Å². The van der Waals surface area contributed by atoms with Gasteiger partial charge in [0.1, 0.15) is 11.3 Å². The van der Waals surface area contributed by atoms with E-state index < -0.39 is 0 Å². The lowest BCUT2D eigenvalue weighted by Gasteiger charge is -2.35. The summed E-state index contributed by atoms with van der Waals surface area (Å²) in [5.74, 6) is 0.837. The molecule has 1 saturated heterocycles. The number of hydrogen-bond acceptors (Lipinski definition) is 6. The van der Waals surface area contributed by atoms with Gasteiger partial charge in [0, 0.05) is 50.8 Å². The SMILES string of the molecule is CCN1CCN(/C(=N\Nc2ccc3c(=O)cc(-c4ccccc4)oc3c2)C(C)=O)CC1. The van der Waals surface area contributed by atoms with Crippen LogP contribution in [-0.4, -0.2) is 54.1 Å². The highest BCUT2D eigenvalue weighted by molar-refractivity contribution is 6.37. The zero-order chi connectivity index (χ0) is 21.8. The Balaban J connectivity index is 1.60. The Morgan fingerprint density at radius 3 is 2.48 bits per heavy atom. The van der Waals surface area contributed by atoms with E-state index in [0.29, 0.717) is 28.3 Å². The van der Waals surface area contributed by atoms with Crippen LogP contribution in [0.5, 0.6) is 0 Å². The lowest BCUT2D eigenvalue weighted by atomic mass is 10.1. The van der Waals surface area contributed by atoms with E-state index in [1.54, 1.807) is 18.2 Å². The van der Waals surface area contributed by atoms with Crippen molar-refractivity contribution in [2.24, 2.45) is 5.10 Å². The highest BCUT2D eigenvalue weighted by Crippen LogP contribution is 2.24. The van der Waals surface area contributed by atoms with Crippen LogP contribution in [0, 0.1) is 0 Å². The fourth-order valence-corrected chi connectivity index (χ4v) is 3.73. The summed E-state index contributed by atoms with van der Waals surface area (Å²) in [6, 6.07) is 16.2. The van der Waals surface area contributed by atoms with Gasteiger partial charge in [0.05, 0.1) is 11.1 Å². The molecule has 1 aromatic heterocycles. The highest BCUT2D eigenvalue weighted by Gasteiger charge is 2.21. The molecule has 1 fully saturated rings. The minimum absolute atomic E-state index is 0.0869. The number of anilines is 1. The van der Waals surface area contributed by atoms with Crippen LogP contribution >= 0.6 is 0 Å². The molecule has 1 aliphatic heterocycles. The van der Waals surface area contributed by atoms with Gasteiger partial charge < -0.3 is 14.2 Å². The zero-order valence-electron chi connectivity index (χ0n) is 17.8. The van der Waals surface area contributed by atoms with Gasteiger partial charge in [-0.05, 0) is 18.7 Å². The first kappa shape index (κ1) is 20.8. The number of likely N-dealkylation sites (N-methyl/N-ethyl adjacent to an activating group) is 1. The number of nitrogens with zero attached hydrogens (tertiary/aromatic N) is 3. The Morgan fingerprint density at radius 1 is 1.06 bits per heavy atom. The summed E-state index contributed by atoms with van der Waals surface area (Å²) in [7, 11) is 0. The molecule has 0 saturated carbocycles. The minimum atomic E-state index is -0.103. The predicted molar refractivity (Wildman–Crippen MR) is 123 cm³/mol. The molecule has 31 heavy (non-hydrogen) atoms. The lowest BCUT2D eigenvalue weighted by Crippen LogP contribution is -2.50. The van der Waals surface area contributed by atoms with Crippen molar-refractivity contribution in [3.8, 4) is 11.3 Å². The molecule has 3 aromatic rings. The molecule has 0 bridgehead atoms. The third kappa shape index (κ3) is 4.67. The van der Waals surface area contributed by atoms with Gasteiger partial charge in [0.15, 0.2) is 17.0 Å². The summed E-state index contributed by atoms with van der Waals surface area (Å²) in [5, 5.41) is 4.88. The minimum Gasteiger partial charge on any atom is -0.456 e. The van der Waals surface area contributed by atoms with Crippen LogP contribution in [0.25, 0.3) is 22.3 Å². The van der Waals surface area contributed by atoms with Crippen LogP contribution in [0.1, 0.15) is 13.8 Å². The highest BCUT2D eigenvalue weighted by atomic mass is 16.3. The second-order valence-electron chi connectivity index (χ2n) is 7.58. The van der Waals surface area contributed by atoms with Gasteiger partial charge in [-0.1, -0.05) is 37.3 Å². The molecule has 0 amide bonds. The number of hydrazone groups is 1. The molecule has 4 rings (SSSR count). The second-order valence-corrected chi connectivity index (χ2v) is 7.58. The number of benzene rings is 2. The van der Waals surface area contributed by atoms with Gasteiger partial charge in [-0.25, -0.2) is 0 Å². The van der Waals surface area contributed by atoms with E-state index in [-0.39, 0.29) is 11.2 Å². The first-order chi connectivity index (χ1) is 15.0. The Labute approximate surface area is 181 Å². The summed E-state index contributed by atoms with van der Waals surface area (Å²) in [5.41, 5.74) is 4.81. The van der Waals surface area contributed by atoms with Gasteiger partial charge >= 0.3 is 0 Å². The van der Waals surface area contributed by atoms with Crippen LogP contribution in [0.3, 0.4) is 0 Å². The summed E-state index contributed by atoms with van der Waals surface area (Å²) in [6.07, 6.45) is 0. The van der Waals surface area contributed by atoms with Crippen molar-refractivity contribution in [1.82, 2.24) is 9.80 Å². The number of carbonyl (C=O) groups is 1. The third-order valence-electron chi connectivity index (χ3n) is 5.51. The molecule has 2 heterocycles. The van der Waals surface area contributed by atoms with Crippen LogP contribution in [0.15, 0.2) is 68.9 Å². The van der Waals surface area contributed by atoms with E-state index in [1.807, 2.05) is 35.2 Å². The molecule has 1 N–H and O–H groups in total. The molecule has 160 valence electrons. The number of Topliss-reactive ketones (excluding diaryl/α,β-unsaturated/α-hetero) is 1. The van der Waals surface area contributed by atoms with Crippen molar-refractivity contribution >= 4 is 28.3 Å². The van der Waals surface area contributed by atoms with Crippen molar-refractivity contribution in [2.75, 3.05) is 38.1 Å². The molecule has 0 aliphatic carbocycles. The Morgan fingerprint density at radius 2 is 1.81 bits per heavy atom. The maximum absolute atomic E-state index is 12.5. The van der Waals surface area contributed by atoms with Crippen LogP contribution in [0.4, 0.5) is 5.69 Å². The summed E-state index contributed by atoms with van der Waals surface area (Å²) in [6.45, 7) is 8.02. The van der Waals surface area contributed by atoms with Crippen molar-refractivity contribution in [3.63, 3.8) is 0 Å². The number of rotatable bonds is 5. The van der Waals surface area contributed by atoms with E-state index in [4.69, 9.17) is 4.42 Å². The molecular weight excluding hydrogens is 392 g/mol. The molecule has 0 unspecified atom stereocenters. The number of piperazine rings is 1. The molecule has 7 heteroatoms. The molecule has 0 atom stereocenters. The van der Waals surface area contributed by atoms with Crippen LogP contribution in [0.2, 0.25) is 0 Å². The quantitative estimate of drug-likeness (QED) is 0.389. The fraction of sp³-hybridized carbons (Fsp3) is 0.292. The van der Waals surface area contributed by atoms with Gasteiger partial charge in [0.25, 0.3) is 0 Å². The molecule has 0 radical (unpaired) electrons. The number of fused-ring (bicyclic) bond motifs is 1. The van der Waals surface area contributed by atoms with Gasteiger partial charge in [-0.2, -0.15) is 5.10 Å². The lowest BCUT2D eigenvalue weighted by molar-refractivity contribution is -0.111. The second kappa shape index (κ2) is 9.14. The topological polar surface area (TPSA) is 78.2 Å². The Kier molecular flexibility index (Phi) is 6.13. The standard InChI is InChI=1S/C24H26N4O3/c1-3-27-11-13-28(14-12-27)24(17(2)29)26-25-19-9-10-20-21(30)16-22(31-23(20)15-19)18-7-5-4-6-8-18/h4-10,15-16,25H,3,11-14H2,1-2H3/b26-24-. The molecular formula is C24H26N4O3. The number of amidine groups is 1. The number of nitrogens with one attached hydrogen (secondary N) is 1. The Bertz CT molecular complexity index is 1160. The van der Waals surface area contributed by atoms with Crippen molar-refractivity contribution in [2.45, 2.75) is 13.8 Å². The largest absolute Gasteiger partial charge is 0.456 e. The molecule has 7 nitrogen and oxygen atoms in total. The average molecular weight is 418 g/mol. The monoisotopic (exact) mass is 418 g/mol. The number of ketones is 1. The summed E-state index contributed by atoms with van der Waals surface area (Å²) < 4.78 is 5.99. The van der Waals surface area contributed by atoms with E-state index in [9.17, 15) is 9.59 Å². The normalized spacial score (nSPS) is 15.3. The van der Waals surface area contributed by atoms with Gasteiger partial charge in [-0.3, -0.25) is 15.0 Å². The predicted octanol–water partition coefficient (Wildman–Crippen LogP) is 3.41. The van der Waals surface area contributed by atoms with Gasteiger partial charge in [-0.15, -0.1) is 0 Å². The van der Waals surface area contributed by atoms with E-state index in [2.05, 4.69) is 22.4 Å². The summed E-state index contributed by atoms with van der Waals surface area (Å²) in [4.78, 5) is 29.1. The third-order valence-corrected chi connectivity index (χ3v) is 5.51. The smallest absolute Gasteiger partial charge is 0.196 e. The van der Waals surface area contributed by atoms with Crippen molar-refractivity contribution in [3.05, 3.63) is 64.8 Å².